The number of carbonyl (C=O) groups excluding carboxylic acids is 1. The highest BCUT2D eigenvalue weighted by molar-refractivity contribution is 7.88. The Morgan fingerprint density at radius 2 is 1.64 bits per heavy atom. The average molecular weight is 324 g/mol. The van der Waals surface area contributed by atoms with Gasteiger partial charge in [0.1, 0.15) is 0 Å². The van der Waals surface area contributed by atoms with Gasteiger partial charge in [0.15, 0.2) is 0 Å². The van der Waals surface area contributed by atoms with Gasteiger partial charge < -0.3 is 4.90 Å². The highest BCUT2D eigenvalue weighted by Gasteiger charge is 2.29. The van der Waals surface area contributed by atoms with Gasteiger partial charge in [-0.1, -0.05) is 17.2 Å². The highest BCUT2D eigenvalue weighted by atomic mass is 32.2. The Morgan fingerprint density at radius 1 is 1.14 bits per heavy atom. The van der Waals surface area contributed by atoms with Gasteiger partial charge in [-0.05, 0) is 38.8 Å². The summed E-state index contributed by atoms with van der Waals surface area (Å²) < 4.78 is 24.6. The number of hydrogen-bond acceptors (Lipinski definition) is 3. The molecule has 1 aliphatic rings. The fraction of sp³-hybridized carbons (Fsp3) is 0.562. The summed E-state index contributed by atoms with van der Waals surface area (Å²) in [5.74, 6) is 0.0345. The first kappa shape index (κ1) is 17.0. The zero-order valence-corrected chi connectivity index (χ0v) is 14.5. The van der Waals surface area contributed by atoms with Crippen LogP contribution >= 0.6 is 0 Å². The third-order valence-electron chi connectivity index (χ3n) is 4.26. The second kappa shape index (κ2) is 6.38. The standard InChI is InChI=1S/C16H24N2O3S/c1-12-9-13(2)11-14(10-12)16(19)18-7-5-15(6-8-18)17(3)22(4,20)21/h9-11,15H,5-8H2,1-4H3. The van der Waals surface area contributed by atoms with Crippen LogP contribution in [0.15, 0.2) is 18.2 Å². The SMILES string of the molecule is Cc1cc(C)cc(C(=O)N2CCC(N(C)S(C)(=O)=O)CC2)c1. The monoisotopic (exact) mass is 324 g/mol. The van der Waals surface area contributed by atoms with E-state index in [2.05, 4.69) is 0 Å². The molecule has 0 bridgehead atoms. The first-order valence-electron chi connectivity index (χ1n) is 7.49. The second-order valence-electron chi connectivity index (χ2n) is 6.18. The van der Waals surface area contributed by atoms with Crippen molar-refractivity contribution < 1.29 is 13.2 Å². The molecule has 0 aliphatic carbocycles. The van der Waals surface area contributed by atoms with Gasteiger partial charge >= 0.3 is 0 Å². The number of benzene rings is 1. The van der Waals surface area contributed by atoms with E-state index in [1.54, 1.807) is 7.05 Å². The van der Waals surface area contributed by atoms with Gasteiger partial charge in [0, 0.05) is 31.7 Å². The molecule has 1 aromatic carbocycles. The van der Waals surface area contributed by atoms with E-state index in [9.17, 15) is 13.2 Å². The van der Waals surface area contributed by atoms with Crippen molar-refractivity contribution in [2.24, 2.45) is 0 Å². The summed E-state index contributed by atoms with van der Waals surface area (Å²) in [4.78, 5) is 14.4. The van der Waals surface area contributed by atoms with E-state index in [1.807, 2.05) is 36.9 Å². The Kier molecular flexibility index (Phi) is 4.92. The summed E-state index contributed by atoms with van der Waals surface area (Å²) >= 11 is 0. The number of sulfonamides is 1. The number of likely N-dealkylation sites (tertiary alicyclic amines) is 1. The third-order valence-corrected chi connectivity index (χ3v) is 5.60. The predicted molar refractivity (Wildman–Crippen MR) is 87.4 cm³/mol. The van der Waals surface area contributed by atoms with Gasteiger partial charge in [-0.25, -0.2) is 12.7 Å². The van der Waals surface area contributed by atoms with Gasteiger partial charge in [-0.15, -0.1) is 0 Å². The minimum Gasteiger partial charge on any atom is -0.339 e. The molecule has 0 unspecified atom stereocenters. The normalized spacial score (nSPS) is 17.0. The average Bonchev–Trinajstić information content (AvgIpc) is 2.44. The number of aryl methyl sites for hydroxylation is 2. The number of rotatable bonds is 3. The zero-order valence-electron chi connectivity index (χ0n) is 13.7. The number of hydrogen-bond donors (Lipinski definition) is 0. The summed E-state index contributed by atoms with van der Waals surface area (Å²) in [6.07, 6.45) is 2.58. The number of amides is 1. The molecular formula is C16H24N2O3S. The van der Waals surface area contributed by atoms with E-state index in [1.165, 1.54) is 10.6 Å². The maximum Gasteiger partial charge on any atom is 0.253 e. The van der Waals surface area contributed by atoms with Crippen molar-refractivity contribution >= 4 is 15.9 Å². The Hall–Kier alpha value is -1.40. The number of carbonyl (C=O) groups is 1. The molecular weight excluding hydrogens is 300 g/mol. The minimum absolute atomic E-state index is 0.0155. The van der Waals surface area contributed by atoms with Crippen LogP contribution in [-0.4, -0.2) is 56.0 Å². The molecule has 5 nitrogen and oxygen atoms in total. The van der Waals surface area contributed by atoms with E-state index in [0.717, 1.165) is 11.1 Å². The van der Waals surface area contributed by atoms with E-state index >= 15 is 0 Å². The van der Waals surface area contributed by atoms with Gasteiger partial charge in [0.25, 0.3) is 5.91 Å². The van der Waals surface area contributed by atoms with Crippen LogP contribution < -0.4 is 0 Å². The number of piperidine rings is 1. The van der Waals surface area contributed by atoms with E-state index < -0.39 is 10.0 Å². The lowest BCUT2D eigenvalue weighted by molar-refractivity contribution is 0.0686. The summed E-state index contributed by atoms with van der Waals surface area (Å²) in [6.45, 7) is 5.15. The molecule has 1 heterocycles. The summed E-state index contributed by atoms with van der Waals surface area (Å²) in [5.41, 5.74) is 2.87. The third kappa shape index (κ3) is 3.87. The predicted octanol–water partition coefficient (Wildman–Crippen LogP) is 1.80. The minimum atomic E-state index is -3.17. The maximum absolute atomic E-state index is 12.6. The molecule has 1 fully saturated rings. The Bertz CT molecular complexity index is 642. The summed E-state index contributed by atoms with van der Waals surface area (Å²) in [6, 6.07) is 5.84. The topological polar surface area (TPSA) is 57.7 Å². The van der Waals surface area contributed by atoms with Gasteiger partial charge in [-0.3, -0.25) is 4.79 Å². The first-order chi connectivity index (χ1) is 10.2. The van der Waals surface area contributed by atoms with E-state index in [4.69, 9.17) is 0 Å². The second-order valence-corrected chi connectivity index (χ2v) is 8.22. The van der Waals surface area contributed by atoms with Crippen molar-refractivity contribution in [3.05, 3.63) is 34.9 Å². The molecule has 1 aromatic rings. The molecule has 1 aliphatic heterocycles. The fourth-order valence-corrected chi connectivity index (χ4v) is 3.74. The Balaban J connectivity index is 2.04. The van der Waals surface area contributed by atoms with E-state index in [0.29, 0.717) is 31.5 Å². The number of nitrogens with zero attached hydrogens (tertiary/aromatic N) is 2. The lowest BCUT2D eigenvalue weighted by Crippen LogP contribution is -2.47. The summed E-state index contributed by atoms with van der Waals surface area (Å²) in [5, 5.41) is 0. The van der Waals surface area contributed by atoms with Crippen LogP contribution in [0.25, 0.3) is 0 Å². The van der Waals surface area contributed by atoms with Gasteiger partial charge in [0.2, 0.25) is 10.0 Å². The molecule has 0 spiro atoms. The maximum atomic E-state index is 12.6. The van der Waals surface area contributed by atoms with Crippen molar-refractivity contribution in [3.63, 3.8) is 0 Å². The van der Waals surface area contributed by atoms with Crippen LogP contribution in [0.2, 0.25) is 0 Å². The quantitative estimate of drug-likeness (QED) is 0.852. The van der Waals surface area contributed by atoms with Crippen molar-refractivity contribution in [3.8, 4) is 0 Å². The molecule has 1 saturated heterocycles. The van der Waals surface area contributed by atoms with Crippen molar-refractivity contribution in [2.45, 2.75) is 32.7 Å². The van der Waals surface area contributed by atoms with Crippen molar-refractivity contribution in [1.29, 1.82) is 0 Å². The largest absolute Gasteiger partial charge is 0.339 e. The Morgan fingerprint density at radius 3 is 2.09 bits per heavy atom. The van der Waals surface area contributed by atoms with Crippen LogP contribution in [-0.2, 0) is 10.0 Å². The molecule has 0 N–H and O–H groups in total. The zero-order chi connectivity index (χ0) is 16.5. The molecule has 0 aromatic heterocycles. The van der Waals surface area contributed by atoms with Gasteiger partial charge in [0.05, 0.1) is 6.26 Å². The van der Waals surface area contributed by atoms with Crippen LogP contribution in [0.1, 0.15) is 34.3 Å². The molecule has 1 amide bonds. The van der Waals surface area contributed by atoms with Gasteiger partial charge in [-0.2, -0.15) is 0 Å². The van der Waals surface area contributed by atoms with Crippen LogP contribution in [0, 0.1) is 13.8 Å². The summed E-state index contributed by atoms with van der Waals surface area (Å²) in [7, 11) is -1.56. The molecule has 2 rings (SSSR count). The molecule has 22 heavy (non-hydrogen) atoms. The Labute approximate surface area is 133 Å². The van der Waals surface area contributed by atoms with Crippen LogP contribution in [0.5, 0.6) is 0 Å². The first-order valence-corrected chi connectivity index (χ1v) is 9.34. The molecule has 0 saturated carbocycles. The van der Waals surface area contributed by atoms with E-state index in [-0.39, 0.29) is 11.9 Å². The molecule has 122 valence electrons. The van der Waals surface area contributed by atoms with Crippen LogP contribution in [0.4, 0.5) is 0 Å². The smallest absolute Gasteiger partial charge is 0.253 e. The lowest BCUT2D eigenvalue weighted by atomic mass is 10.0. The molecule has 0 radical (unpaired) electrons. The van der Waals surface area contributed by atoms with Crippen LogP contribution in [0.3, 0.4) is 0 Å². The van der Waals surface area contributed by atoms with Crippen molar-refractivity contribution in [1.82, 2.24) is 9.21 Å². The molecule has 0 atom stereocenters. The fourth-order valence-electron chi connectivity index (χ4n) is 2.98. The lowest BCUT2D eigenvalue weighted by Gasteiger charge is -2.35. The molecule has 6 heteroatoms. The highest BCUT2D eigenvalue weighted by Crippen LogP contribution is 2.20. The van der Waals surface area contributed by atoms with Crippen molar-refractivity contribution in [2.75, 3.05) is 26.4 Å².